The molecule has 0 aromatic heterocycles. The predicted octanol–water partition coefficient (Wildman–Crippen LogP) is 5.86. The number of benzene rings is 1. The molecule has 0 fully saturated rings. The van der Waals surface area contributed by atoms with Gasteiger partial charge in [0.2, 0.25) is 0 Å². The molecule has 0 amide bonds. The number of nitrogens with two attached hydrogens (primary N) is 2. The monoisotopic (exact) mass is 711 g/mol. The van der Waals surface area contributed by atoms with E-state index >= 15 is 0 Å². The number of nitrogens with one attached hydrogen (secondary N) is 1. The zero-order chi connectivity index (χ0) is 33.1. The van der Waals surface area contributed by atoms with Crippen molar-refractivity contribution in [1.29, 1.82) is 0 Å². The molecule has 3 unspecified atom stereocenters. The average Bonchev–Trinajstić information content (AvgIpc) is 2.88. The van der Waals surface area contributed by atoms with Crippen molar-refractivity contribution in [3.05, 3.63) is 41.7 Å². The summed E-state index contributed by atoms with van der Waals surface area (Å²) >= 11 is 11.2. The second-order valence-corrected chi connectivity index (χ2v) is 19.1. The maximum absolute atomic E-state index is 11.8. The maximum atomic E-state index is 11.8. The van der Waals surface area contributed by atoms with Gasteiger partial charge < -0.3 is 32.1 Å². The van der Waals surface area contributed by atoms with Gasteiger partial charge in [-0.25, -0.2) is 20.2 Å². The minimum absolute atomic E-state index is 0.161. The van der Waals surface area contributed by atoms with E-state index < -0.39 is 31.9 Å². The van der Waals surface area contributed by atoms with Crippen molar-refractivity contribution in [2.45, 2.75) is 53.8 Å². The molecule has 0 radical (unpaired) electrons. The summed E-state index contributed by atoms with van der Waals surface area (Å²) in [4.78, 5) is 23.2. The molecule has 0 saturated heterocycles. The number of carbonyl (C=O) groups is 2. The lowest BCUT2D eigenvalue weighted by atomic mass is 10.2. The number of para-hydroxylation sites is 1. The molecule has 1 rings (SSSR count). The lowest BCUT2D eigenvalue weighted by Gasteiger charge is -2.21. The Bertz CT molecular complexity index is 1150. The van der Waals surface area contributed by atoms with Crippen LogP contribution in [0.5, 0.6) is 5.75 Å². The van der Waals surface area contributed by atoms with Gasteiger partial charge in [0.15, 0.2) is 0 Å². The van der Waals surface area contributed by atoms with Crippen molar-refractivity contribution in [2.75, 3.05) is 34.1 Å². The lowest BCUT2D eigenvalue weighted by Crippen LogP contribution is -2.13. The third-order valence-electron chi connectivity index (χ3n) is 3.97. The normalized spacial score (nSPS) is 15.4. The number of hydrogen-bond acceptors (Lipinski definition) is 13. The van der Waals surface area contributed by atoms with E-state index in [1.807, 2.05) is 6.92 Å². The SMILES string of the molecule is CCNP(=S)(OC)O/C(C)=C/C(=O)OC(C)C.COP(N)(=O)SC.COP(N)(=S)Oc1ccccc1C(=O)OC(C)C. The van der Waals surface area contributed by atoms with E-state index in [-0.39, 0.29) is 23.5 Å². The third-order valence-corrected chi connectivity index (χ3v) is 11.4. The van der Waals surface area contributed by atoms with Gasteiger partial charge in [0, 0.05) is 27.9 Å². The molecular formula is C23H44N3O10P3S3. The quantitative estimate of drug-likeness (QED) is 0.0903. The molecule has 0 aliphatic rings. The third kappa shape index (κ3) is 20.9. The van der Waals surface area contributed by atoms with E-state index in [9.17, 15) is 14.2 Å². The Hall–Kier alpha value is -0.860. The maximum Gasteiger partial charge on any atom is 0.342 e. The molecule has 0 bridgehead atoms. The molecule has 19 heteroatoms. The summed E-state index contributed by atoms with van der Waals surface area (Å²) in [6.45, 7) is 3.11. The highest BCUT2D eigenvalue weighted by Crippen LogP contribution is 2.49. The Balaban J connectivity index is 0. The number of allylic oxidation sites excluding steroid dienone is 1. The molecule has 5 N–H and O–H groups in total. The number of hydrogen-bond donors (Lipinski definition) is 3. The summed E-state index contributed by atoms with van der Waals surface area (Å²) in [7, 11) is 4.18. The summed E-state index contributed by atoms with van der Waals surface area (Å²) in [6, 6.07) is 6.61. The van der Waals surface area contributed by atoms with E-state index in [1.165, 1.54) is 27.4 Å². The van der Waals surface area contributed by atoms with E-state index in [0.717, 1.165) is 11.4 Å². The van der Waals surface area contributed by atoms with Crippen LogP contribution < -0.4 is 20.6 Å². The van der Waals surface area contributed by atoms with Crippen molar-refractivity contribution >= 4 is 66.9 Å². The smallest absolute Gasteiger partial charge is 0.342 e. The van der Waals surface area contributed by atoms with Gasteiger partial charge >= 0.3 is 31.9 Å². The standard InChI is InChI=1S/C11H16NO4PS.C10H20NO4PS.C2H8NO2PS/c1-8(2)15-11(13)9-6-4-5-7-10(9)16-17(12,18)14-3;1-6-11-16(17,13-5)15-9(4)7-10(12)14-8(2)3;1-5-6(3,4)7-2/h4-8H,1-3H3,(H2,12,18);7-8H,6H2,1-5H3,(H,11,17);1-2H3,(H2,3,4)/b;9-7+;. The largest absolute Gasteiger partial charge is 0.460 e. The molecule has 0 aliphatic carbocycles. The molecule has 0 saturated carbocycles. The fraction of sp³-hybridized carbons (Fsp3) is 0.565. The molecule has 0 spiro atoms. The highest BCUT2D eigenvalue weighted by molar-refractivity contribution is 8.55. The fourth-order valence-electron chi connectivity index (χ4n) is 2.22. The van der Waals surface area contributed by atoms with E-state index in [1.54, 1.807) is 65.1 Å². The molecule has 0 heterocycles. The zero-order valence-electron chi connectivity index (χ0n) is 25.6. The van der Waals surface area contributed by atoms with Gasteiger partial charge in [-0.05, 0) is 76.6 Å². The van der Waals surface area contributed by atoms with E-state index in [2.05, 4.69) is 9.61 Å². The minimum Gasteiger partial charge on any atom is -0.460 e. The topological polar surface area (TPSA) is 180 Å². The second kappa shape index (κ2) is 21.8. The van der Waals surface area contributed by atoms with Crippen LogP contribution >= 0.6 is 31.4 Å². The van der Waals surface area contributed by atoms with Crippen LogP contribution in [0.1, 0.15) is 51.9 Å². The first-order chi connectivity index (χ1) is 19.3. The fourth-order valence-corrected chi connectivity index (χ4v) is 5.39. The molecule has 13 nitrogen and oxygen atoms in total. The summed E-state index contributed by atoms with van der Waals surface area (Å²) in [5.74, 6) is -0.282. The Morgan fingerprint density at radius 2 is 1.55 bits per heavy atom. The van der Waals surface area contributed by atoms with Gasteiger partial charge in [0.25, 0.3) is 0 Å². The Morgan fingerprint density at radius 1 is 1.00 bits per heavy atom. The van der Waals surface area contributed by atoms with Crippen LogP contribution in [0, 0.1) is 0 Å². The first-order valence-corrected chi connectivity index (χ1v) is 21.1. The molecule has 3 atom stereocenters. The Labute approximate surface area is 263 Å². The average molecular weight is 712 g/mol. The van der Waals surface area contributed by atoms with Crippen LogP contribution in [0.4, 0.5) is 0 Å². The van der Waals surface area contributed by atoms with Gasteiger partial charge in [-0.1, -0.05) is 30.4 Å². The van der Waals surface area contributed by atoms with Gasteiger partial charge in [0.1, 0.15) is 17.1 Å². The number of rotatable bonds is 14. The van der Waals surface area contributed by atoms with Crippen molar-refractivity contribution in [3.8, 4) is 5.75 Å². The van der Waals surface area contributed by atoms with Gasteiger partial charge in [-0.2, -0.15) is 0 Å². The van der Waals surface area contributed by atoms with Gasteiger partial charge in [-0.15, -0.1) is 0 Å². The van der Waals surface area contributed by atoms with Gasteiger partial charge in [-0.3, -0.25) is 10.1 Å². The van der Waals surface area contributed by atoms with Crippen LogP contribution in [0.3, 0.4) is 0 Å². The van der Waals surface area contributed by atoms with Crippen LogP contribution in [0.15, 0.2) is 36.1 Å². The lowest BCUT2D eigenvalue weighted by molar-refractivity contribution is -0.141. The van der Waals surface area contributed by atoms with Crippen molar-refractivity contribution < 1.29 is 46.2 Å². The number of carbonyl (C=O) groups excluding carboxylic acids is 2. The van der Waals surface area contributed by atoms with E-state index in [4.69, 9.17) is 62.2 Å². The van der Waals surface area contributed by atoms with Crippen LogP contribution in [-0.4, -0.2) is 58.3 Å². The first kappa shape index (κ1) is 43.3. The molecule has 42 heavy (non-hydrogen) atoms. The zero-order valence-corrected chi connectivity index (χ0v) is 30.7. The summed E-state index contributed by atoms with van der Waals surface area (Å²) < 4.78 is 45.7. The van der Waals surface area contributed by atoms with Gasteiger partial charge in [0.05, 0.1) is 18.3 Å². The molecule has 0 aliphatic heterocycles. The Morgan fingerprint density at radius 3 is 1.95 bits per heavy atom. The van der Waals surface area contributed by atoms with Crippen molar-refractivity contribution in [1.82, 2.24) is 5.09 Å². The first-order valence-electron chi connectivity index (χ1n) is 12.2. The number of ether oxygens (including phenoxy) is 2. The highest BCUT2D eigenvalue weighted by Gasteiger charge is 2.20. The molecule has 1 aromatic rings. The summed E-state index contributed by atoms with van der Waals surface area (Å²) in [6.07, 6.45) is 2.53. The predicted molar refractivity (Wildman–Crippen MR) is 176 cm³/mol. The molecular weight excluding hydrogens is 667 g/mol. The second-order valence-electron chi connectivity index (χ2n) is 8.19. The van der Waals surface area contributed by atoms with Crippen LogP contribution in [-0.2, 0) is 60.5 Å². The Kier molecular flexibility index (Phi) is 22.4. The van der Waals surface area contributed by atoms with Crippen molar-refractivity contribution in [2.24, 2.45) is 11.0 Å². The molecule has 1 aromatic carbocycles. The molecule has 244 valence electrons. The summed E-state index contributed by atoms with van der Waals surface area (Å²) in [5, 5.41) is 2.94. The number of esters is 2. The van der Waals surface area contributed by atoms with E-state index in [0.29, 0.717) is 12.3 Å². The highest BCUT2D eigenvalue weighted by atomic mass is 32.7. The summed E-state index contributed by atoms with van der Waals surface area (Å²) in [5.41, 5.74) is 10.9. The van der Waals surface area contributed by atoms with Crippen LogP contribution in [0.25, 0.3) is 0 Å². The van der Waals surface area contributed by atoms with Crippen LogP contribution in [0.2, 0.25) is 0 Å². The van der Waals surface area contributed by atoms with Crippen molar-refractivity contribution in [3.63, 3.8) is 0 Å². The minimum atomic E-state index is -2.87.